The highest BCUT2D eigenvalue weighted by atomic mass is 16.6. The van der Waals surface area contributed by atoms with E-state index in [-0.39, 0.29) is 5.97 Å². The van der Waals surface area contributed by atoms with Crippen molar-refractivity contribution in [2.45, 2.75) is 84.8 Å². The zero-order chi connectivity index (χ0) is 16.3. The third kappa shape index (κ3) is 12.4. The van der Waals surface area contributed by atoms with Crippen LogP contribution < -0.4 is 0 Å². The Labute approximate surface area is 130 Å². The smallest absolute Gasteiger partial charge is 0.331 e. The van der Waals surface area contributed by atoms with Gasteiger partial charge in [-0.25, -0.2) is 4.79 Å². The van der Waals surface area contributed by atoms with E-state index in [0.29, 0.717) is 0 Å². The SMILES string of the molecule is CCCCCCCC(O)/C(C)=C/C=C/C(=O)OC(C)(C)C. The fourth-order valence-corrected chi connectivity index (χ4v) is 1.89. The van der Waals surface area contributed by atoms with Gasteiger partial charge in [-0.2, -0.15) is 0 Å². The van der Waals surface area contributed by atoms with Gasteiger partial charge in [0, 0.05) is 6.08 Å². The Hall–Kier alpha value is -1.09. The average molecular weight is 296 g/mol. The summed E-state index contributed by atoms with van der Waals surface area (Å²) in [5, 5.41) is 10.0. The summed E-state index contributed by atoms with van der Waals surface area (Å²) < 4.78 is 5.16. The van der Waals surface area contributed by atoms with Crippen molar-refractivity contribution >= 4 is 5.97 Å². The molecule has 0 aromatic rings. The van der Waals surface area contributed by atoms with Gasteiger partial charge in [0.05, 0.1) is 6.10 Å². The molecule has 0 heterocycles. The maximum atomic E-state index is 11.5. The quantitative estimate of drug-likeness (QED) is 0.294. The molecule has 0 aliphatic heterocycles. The molecule has 3 heteroatoms. The molecule has 0 saturated heterocycles. The van der Waals surface area contributed by atoms with E-state index in [9.17, 15) is 9.90 Å². The standard InChI is InChI=1S/C18H32O3/c1-6-7-8-9-10-13-16(19)15(2)12-11-14-17(20)21-18(3,4)5/h11-12,14,16,19H,6-10,13H2,1-5H3/b14-11+,15-12+. The van der Waals surface area contributed by atoms with Gasteiger partial charge in [0.15, 0.2) is 0 Å². The van der Waals surface area contributed by atoms with Crippen LogP contribution in [0.4, 0.5) is 0 Å². The third-order valence-electron chi connectivity index (χ3n) is 3.10. The minimum atomic E-state index is -0.474. The highest BCUT2D eigenvalue weighted by Crippen LogP contribution is 2.13. The first-order chi connectivity index (χ1) is 9.76. The normalized spacial score (nSPS) is 14.5. The van der Waals surface area contributed by atoms with Crippen LogP contribution in [-0.4, -0.2) is 22.8 Å². The monoisotopic (exact) mass is 296 g/mol. The van der Waals surface area contributed by atoms with E-state index >= 15 is 0 Å². The van der Waals surface area contributed by atoms with Crippen LogP contribution in [0, 0.1) is 0 Å². The number of carbonyl (C=O) groups is 1. The molecule has 1 atom stereocenters. The number of esters is 1. The molecule has 3 nitrogen and oxygen atoms in total. The molecule has 0 aliphatic carbocycles. The van der Waals surface area contributed by atoms with Gasteiger partial charge in [0.1, 0.15) is 5.60 Å². The molecule has 0 aromatic heterocycles. The van der Waals surface area contributed by atoms with Gasteiger partial charge in [0.2, 0.25) is 0 Å². The largest absolute Gasteiger partial charge is 0.457 e. The first kappa shape index (κ1) is 19.9. The molecule has 0 bridgehead atoms. The third-order valence-corrected chi connectivity index (χ3v) is 3.10. The van der Waals surface area contributed by atoms with Crippen LogP contribution >= 0.6 is 0 Å². The van der Waals surface area contributed by atoms with Gasteiger partial charge >= 0.3 is 5.97 Å². The summed E-state index contributed by atoms with van der Waals surface area (Å²) in [6, 6.07) is 0. The first-order valence-corrected chi connectivity index (χ1v) is 8.02. The maximum Gasteiger partial charge on any atom is 0.331 e. The molecule has 0 aromatic carbocycles. The summed E-state index contributed by atoms with van der Waals surface area (Å²) >= 11 is 0. The van der Waals surface area contributed by atoms with E-state index in [0.717, 1.165) is 18.4 Å². The molecule has 1 N–H and O–H groups in total. The molecule has 21 heavy (non-hydrogen) atoms. The number of aliphatic hydroxyl groups is 1. The number of allylic oxidation sites excluding steroid dienone is 2. The minimum absolute atomic E-state index is 0.361. The van der Waals surface area contributed by atoms with Gasteiger partial charge in [-0.15, -0.1) is 0 Å². The van der Waals surface area contributed by atoms with Crippen molar-refractivity contribution in [3.63, 3.8) is 0 Å². The minimum Gasteiger partial charge on any atom is -0.457 e. The molecule has 0 rings (SSSR count). The molecule has 0 fully saturated rings. The van der Waals surface area contributed by atoms with E-state index in [1.54, 1.807) is 12.2 Å². The summed E-state index contributed by atoms with van der Waals surface area (Å²) in [5.41, 5.74) is 0.406. The number of aliphatic hydroxyl groups excluding tert-OH is 1. The van der Waals surface area contributed by atoms with E-state index < -0.39 is 11.7 Å². The van der Waals surface area contributed by atoms with E-state index in [4.69, 9.17) is 4.74 Å². The first-order valence-electron chi connectivity index (χ1n) is 8.02. The van der Waals surface area contributed by atoms with Crippen LogP contribution in [0.15, 0.2) is 23.8 Å². The van der Waals surface area contributed by atoms with Gasteiger partial charge in [0.25, 0.3) is 0 Å². The molecule has 0 radical (unpaired) electrons. The van der Waals surface area contributed by atoms with Crippen molar-refractivity contribution in [2.75, 3.05) is 0 Å². The Kier molecular flexibility index (Phi) is 10.1. The second-order valence-electron chi connectivity index (χ2n) is 6.52. The number of unbranched alkanes of at least 4 members (excludes halogenated alkanes) is 4. The summed E-state index contributed by atoms with van der Waals surface area (Å²) in [4.78, 5) is 11.5. The topological polar surface area (TPSA) is 46.5 Å². The predicted molar refractivity (Wildman–Crippen MR) is 88.1 cm³/mol. The fraction of sp³-hybridized carbons (Fsp3) is 0.722. The Morgan fingerprint density at radius 2 is 1.81 bits per heavy atom. The lowest BCUT2D eigenvalue weighted by atomic mass is 10.0. The van der Waals surface area contributed by atoms with Crippen LogP contribution in [0.1, 0.15) is 73.1 Å². The summed E-state index contributed by atoms with van der Waals surface area (Å²) in [5.74, 6) is -0.361. The molecule has 122 valence electrons. The van der Waals surface area contributed by atoms with Crippen molar-refractivity contribution in [3.8, 4) is 0 Å². The average Bonchev–Trinajstić information content (AvgIpc) is 2.35. The molecule has 0 amide bonds. The summed E-state index contributed by atoms with van der Waals surface area (Å²) in [7, 11) is 0. The van der Waals surface area contributed by atoms with Crippen molar-refractivity contribution in [2.24, 2.45) is 0 Å². The number of hydrogen-bond acceptors (Lipinski definition) is 3. The van der Waals surface area contributed by atoms with Crippen molar-refractivity contribution in [3.05, 3.63) is 23.8 Å². The highest BCUT2D eigenvalue weighted by Gasteiger charge is 2.13. The lowest BCUT2D eigenvalue weighted by Gasteiger charge is -2.17. The van der Waals surface area contributed by atoms with Crippen LogP contribution in [0.25, 0.3) is 0 Å². The maximum absolute atomic E-state index is 11.5. The van der Waals surface area contributed by atoms with Crippen molar-refractivity contribution in [1.29, 1.82) is 0 Å². The molecule has 0 spiro atoms. The zero-order valence-corrected chi connectivity index (χ0v) is 14.3. The van der Waals surface area contributed by atoms with Gasteiger partial charge in [-0.05, 0) is 39.7 Å². The Bertz CT molecular complexity index is 348. The second-order valence-corrected chi connectivity index (χ2v) is 6.52. The van der Waals surface area contributed by atoms with Crippen LogP contribution in [-0.2, 0) is 9.53 Å². The van der Waals surface area contributed by atoms with Crippen LogP contribution in [0.2, 0.25) is 0 Å². The summed E-state index contributed by atoms with van der Waals surface area (Å²) in [6.45, 7) is 9.58. The van der Waals surface area contributed by atoms with Crippen molar-refractivity contribution < 1.29 is 14.6 Å². The Morgan fingerprint density at radius 3 is 2.38 bits per heavy atom. The highest BCUT2D eigenvalue weighted by molar-refractivity contribution is 5.82. The number of hydrogen-bond donors (Lipinski definition) is 1. The van der Waals surface area contributed by atoms with Crippen molar-refractivity contribution in [1.82, 2.24) is 0 Å². The molecular formula is C18H32O3. The molecule has 0 aliphatic rings. The fourth-order valence-electron chi connectivity index (χ4n) is 1.89. The number of ether oxygens (including phenoxy) is 1. The van der Waals surface area contributed by atoms with Crippen LogP contribution in [0.5, 0.6) is 0 Å². The molecular weight excluding hydrogens is 264 g/mol. The van der Waals surface area contributed by atoms with Gasteiger partial charge in [-0.3, -0.25) is 0 Å². The number of rotatable bonds is 9. The predicted octanol–water partition coefficient (Wildman–Crippen LogP) is 4.55. The molecule has 1 unspecified atom stereocenters. The Morgan fingerprint density at radius 1 is 1.19 bits per heavy atom. The second kappa shape index (κ2) is 10.6. The van der Waals surface area contributed by atoms with Gasteiger partial charge in [-0.1, -0.05) is 51.2 Å². The number of carbonyl (C=O) groups excluding carboxylic acids is 1. The van der Waals surface area contributed by atoms with Crippen LogP contribution in [0.3, 0.4) is 0 Å². The Balaban J connectivity index is 4.07. The lowest BCUT2D eigenvalue weighted by Crippen LogP contribution is -2.22. The zero-order valence-electron chi connectivity index (χ0n) is 14.3. The summed E-state index contributed by atoms with van der Waals surface area (Å²) in [6.07, 6.45) is 11.1. The lowest BCUT2D eigenvalue weighted by molar-refractivity contribution is -0.148. The van der Waals surface area contributed by atoms with E-state index in [2.05, 4.69) is 6.92 Å². The van der Waals surface area contributed by atoms with E-state index in [1.165, 1.54) is 31.8 Å². The van der Waals surface area contributed by atoms with E-state index in [1.807, 2.05) is 27.7 Å². The molecule has 0 saturated carbocycles. The van der Waals surface area contributed by atoms with Gasteiger partial charge < -0.3 is 9.84 Å².